The molecule has 3 nitrogen and oxygen atoms in total. The van der Waals surface area contributed by atoms with E-state index in [4.69, 9.17) is 0 Å². The molecule has 0 radical (unpaired) electrons. The molecule has 0 aromatic heterocycles. The highest BCUT2D eigenvalue weighted by Gasteiger charge is 2.34. The van der Waals surface area contributed by atoms with E-state index >= 15 is 0 Å². The van der Waals surface area contributed by atoms with Gasteiger partial charge in [-0.05, 0) is 23.6 Å². The minimum Gasteiger partial charge on any atom is -0.508 e. The van der Waals surface area contributed by atoms with Crippen molar-refractivity contribution in [1.29, 1.82) is 0 Å². The van der Waals surface area contributed by atoms with Crippen molar-refractivity contribution in [1.82, 2.24) is 10.2 Å². The van der Waals surface area contributed by atoms with Gasteiger partial charge in [0, 0.05) is 37.8 Å². The molecule has 0 spiro atoms. The molecule has 0 saturated carbocycles. The zero-order valence-electron chi connectivity index (χ0n) is 12.7. The Morgan fingerprint density at radius 2 is 1.76 bits per heavy atom. The number of rotatable bonds is 2. The van der Waals surface area contributed by atoms with E-state index in [1.807, 2.05) is 0 Å². The SMILES string of the molecule is CC(C)(C)[C@@H](c1cc(F)ccc1O)N1CCNCC1.Cl.Cl. The van der Waals surface area contributed by atoms with Gasteiger partial charge in [0.1, 0.15) is 11.6 Å². The summed E-state index contributed by atoms with van der Waals surface area (Å²) >= 11 is 0. The third-order valence-electron chi connectivity index (χ3n) is 3.62. The van der Waals surface area contributed by atoms with Crippen LogP contribution in [0.15, 0.2) is 18.2 Å². The van der Waals surface area contributed by atoms with Crippen molar-refractivity contribution in [3.63, 3.8) is 0 Å². The maximum Gasteiger partial charge on any atom is 0.123 e. The Balaban J connectivity index is 0.00000200. The molecule has 0 aliphatic carbocycles. The summed E-state index contributed by atoms with van der Waals surface area (Å²) in [5, 5.41) is 13.4. The van der Waals surface area contributed by atoms with E-state index in [0.717, 1.165) is 26.2 Å². The zero-order valence-corrected chi connectivity index (χ0v) is 14.4. The fourth-order valence-electron chi connectivity index (χ4n) is 2.90. The van der Waals surface area contributed by atoms with Gasteiger partial charge in [-0.3, -0.25) is 4.90 Å². The van der Waals surface area contributed by atoms with Crippen molar-refractivity contribution in [2.75, 3.05) is 26.2 Å². The average molecular weight is 339 g/mol. The van der Waals surface area contributed by atoms with E-state index in [-0.39, 0.29) is 47.8 Å². The highest BCUT2D eigenvalue weighted by molar-refractivity contribution is 5.85. The van der Waals surface area contributed by atoms with E-state index < -0.39 is 0 Å². The van der Waals surface area contributed by atoms with Gasteiger partial charge in [-0.25, -0.2) is 4.39 Å². The minimum absolute atomic E-state index is 0. The second-order valence-electron chi connectivity index (χ2n) is 6.26. The molecule has 6 heteroatoms. The second-order valence-corrected chi connectivity index (χ2v) is 6.26. The quantitative estimate of drug-likeness (QED) is 0.867. The van der Waals surface area contributed by atoms with Crippen LogP contribution in [0.1, 0.15) is 32.4 Å². The molecule has 21 heavy (non-hydrogen) atoms. The standard InChI is InChI=1S/C15H23FN2O.2ClH/c1-15(2,3)14(18-8-6-17-7-9-18)12-10-11(16)4-5-13(12)19;;/h4-5,10,14,17,19H,6-9H2,1-3H3;2*1H/t14-;;/m1../s1. The summed E-state index contributed by atoms with van der Waals surface area (Å²) in [5.41, 5.74) is 0.622. The van der Waals surface area contributed by atoms with Crippen LogP contribution in [0.5, 0.6) is 5.75 Å². The van der Waals surface area contributed by atoms with Crippen LogP contribution in [0.3, 0.4) is 0 Å². The van der Waals surface area contributed by atoms with E-state index in [1.165, 1.54) is 18.2 Å². The number of aromatic hydroxyl groups is 1. The highest BCUT2D eigenvalue weighted by atomic mass is 35.5. The van der Waals surface area contributed by atoms with Gasteiger partial charge in [-0.1, -0.05) is 20.8 Å². The summed E-state index contributed by atoms with van der Waals surface area (Å²) in [5.74, 6) is -0.114. The number of nitrogens with zero attached hydrogens (tertiary/aromatic N) is 1. The van der Waals surface area contributed by atoms with Crippen LogP contribution in [0.2, 0.25) is 0 Å². The molecule has 2 N–H and O–H groups in total. The number of halogens is 3. The van der Waals surface area contributed by atoms with Gasteiger partial charge in [-0.15, -0.1) is 24.8 Å². The lowest BCUT2D eigenvalue weighted by molar-refractivity contribution is 0.0840. The van der Waals surface area contributed by atoms with Crippen LogP contribution in [0, 0.1) is 11.2 Å². The van der Waals surface area contributed by atoms with Crippen LogP contribution in [-0.2, 0) is 0 Å². The van der Waals surface area contributed by atoms with E-state index in [1.54, 1.807) is 0 Å². The Hall–Kier alpha value is -0.550. The van der Waals surface area contributed by atoms with Crippen molar-refractivity contribution in [2.24, 2.45) is 5.41 Å². The summed E-state index contributed by atoms with van der Waals surface area (Å²) in [6, 6.07) is 4.24. The number of hydrogen-bond acceptors (Lipinski definition) is 3. The van der Waals surface area contributed by atoms with Crippen LogP contribution >= 0.6 is 24.8 Å². The van der Waals surface area contributed by atoms with Crippen molar-refractivity contribution >= 4 is 24.8 Å². The summed E-state index contributed by atoms with van der Waals surface area (Å²) in [6.07, 6.45) is 0. The lowest BCUT2D eigenvalue weighted by Crippen LogP contribution is -2.48. The number of hydrogen-bond donors (Lipinski definition) is 2. The molecule has 2 rings (SSSR count). The third-order valence-corrected chi connectivity index (χ3v) is 3.62. The molecule has 1 atom stereocenters. The van der Waals surface area contributed by atoms with Gasteiger partial charge in [0.05, 0.1) is 0 Å². The fraction of sp³-hybridized carbons (Fsp3) is 0.600. The summed E-state index contributed by atoms with van der Waals surface area (Å²) < 4.78 is 13.5. The van der Waals surface area contributed by atoms with Crippen LogP contribution in [-0.4, -0.2) is 36.2 Å². The predicted molar refractivity (Wildman–Crippen MR) is 89.2 cm³/mol. The molecule has 1 fully saturated rings. The number of piperazine rings is 1. The van der Waals surface area contributed by atoms with Crippen molar-refractivity contribution in [3.05, 3.63) is 29.6 Å². The molecule has 0 bridgehead atoms. The first-order chi connectivity index (χ1) is 8.89. The van der Waals surface area contributed by atoms with Gasteiger partial charge in [0.15, 0.2) is 0 Å². The number of benzene rings is 1. The minimum atomic E-state index is -0.294. The maximum absolute atomic E-state index is 13.5. The second kappa shape index (κ2) is 8.18. The predicted octanol–water partition coefficient (Wildman–Crippen LogP) is 3.37. The summed E-state index contributed by atoms with van der Waals surface area (Å²) in [7, 11) is 0. The largest absolute Gasteiger partial charge is 0.508 e. The monoisotopic (exact) mass is 338 g/mol. The average Bonchev–Trinajstić information content (AvgIpc) is 2.33. The fourth-order valence-corrected chi connectivity index (χ4v) is 2.90. The van der Waals surface area contributed by atoms with Crippen molar-refractivity contribution < 1.29 is 9.50 Å². The van der Waals surface area contributed by atoms with Gasteiger partial charge < -0.3 is 10.4 Å². The molecule has 1 aliphatic rings. The van der Waals surface area contributed by atoms with Crippen LogP contribution in [0.4, 0.5) is 4.39 Å². The Bertz CT molecular complexity index is 446. The zero-order chi connectivity index (χ0) is 14.0. The molecule has 1 aromatic rings. The van der Waals surface area contributed by atoms with Crippen LogP contribution in [0.25, 0.3) is 0 Å². The molecule has 1 aromatic carbocycles. The number of nitrogens with one attached hydrogen (secondary N) is 1. The third kappa shape index (κ3) is 4.99. The molecule has 0 unspecified atom stereocenters. The molecule has 0 amide bonds. The Morgan fingerprint density at radius 1 is 1.19 bits per heavy atom. The molecule has 1 aliphatic heterocycles. The summed E-state index contributed by atoms with van der Waals surface area (Å²) in [4.78, 5) is 2.32. The van der Waals surface area contributed by atoms with Crippen molar-refractivity contribution in [3.8, 4) is 5.75 Å². The molecule has 1 saturated heterocycles. The van der Waals surface area contributed by atoms with Crippen molar-refractivity contribution in [2.45, 2.75) is 26.8 Å². The Morgan fingerprint density at radius 3 is 2.29 bits per heavy atom. The summed E-state index contributed by atoms with van der Waals surface area (Å²) in [6.45, 7) is 10.1. The smallest absolute Gasteiger partial charge is 0.123 e. The topological polar surface area (TPSA) is 35.5 Å². The molecule has 1 heterocycles. The first-order valence-electron chi connectivity index (χ1n) is 6.83. The van der Waals surface area contributed by atoms with E-state index in [9.17, 15) is 9.50 Å². The van der Waals surface area contributed by atoms with E-state index in [2.05, 4.69) is 31.0 Å². The lowest BCUT2D eigenvalue weighted by Gasteiger charge is -2.42. The normalized spacial score (nSPS) is 17.5. The Kier molecular flexibility index (Phi) is 7.97. The lowest BCUT2D eigenvalue weighted by atomic mass is 9.80. The first kappa shape index (κ1) is 20.5. The Labute approximate surface area is 138 Å². The maximum atomic E-state index is 13.5. The molecular formula is C15H25Cl2FN2O. The van der Waals surface area contributed by atoms with Gasteiger partial charge in [-0.2, -0.15) is 0 Å². The van der Waals surface area contributed by atoms with Gasteiger partial charge in [0.25, 0.3) is 0 Å². The number of phenols is 1. The highest BCUT2D eigenvalue weighted by Crippen LogP contribution is 2.41. The number of phenolic OH excluding ortho intramolecular Hbond substituents is 1. The van der Waals surface area contributed by atoms with Crippen LogP contribution < -0.4 is 5.32 Å². The molecule has 122 valence electrons. The molecular weight excluding hydrogens is 314 g/mol. The van der Waals surface area contributed by atoms with E-state index in [0.29, 0.717) is 5.56 Å². The van der Waals surface area contributed by atoms with Gasteiger partial charge in [0.2, 0.25) is 0 Å². The van der Waals surface area contributed by atoms with Gasteiger partial charge >= 0.3 is 0 Å². The first-order valence-corrected chi connectivity index (χ1v) is 6.83.